The van der Waals surface area contributed by atoms with Gasteiger partial charge in [0.2, 0.25) is 41.4 Å². The molecule has 0 aliphatic carbocycles. The minimum Gasteiger partial charge on any atom is -0.481 e. The zero-order valence-corrected chi connectivity index (χ0v) is 81.6. The predicted octanol–water partition coefficient (Wildman–Crippen LogP) is 11.6. The number of unbranched alkanes of at least 4 members (excludes halogenated alkanes) is 2. The number of carbonyl (C=O) groups is 13. The van der Waals surface area contributed by atoms with Crippen LogP contribution in [0.3, 0.4) is 0 Å². The average molecular weight is 1910 g/mol. The van der Waals surface area contributed by atoms with Crippen LogP contribution in [0.15, 0.2) is 120 Å². The van der Waals surface area contributed by atoms with Gasteiger partial charge in [0.25, 0.3) is 5.97 Å². The van der Waals surface area contributed by atoms with E-state index in [4.69, 9.17) is 63.0 Å². The molecule has 0 radical (unpaired) electrons. The lowest BCUT2D eigenvalue weighted by atomic mass is 9.88. The number of carboxylic acids is 1. The van der Waals surface area contributed by atoms with E-state index < -0.39 is 71.9 Å². The summed E-state index contributed by atoms with van der Waals surface area (Å²) in [6.45, 7) is 29.2. The number of alkyl halides is 1. The minimum absolute atomic E-state index is 0.00604. The Morgan fingerprint density at radius 3 is 1.35 bits per heavy atom. The Bertz CT molecular complexity index is 4360. The number of carboxylic acid groups (broad SMARTS) is 1. The Morgan fingerprint density at radius 1 is 0.538 bits per heavy atom. The fraction of sp³-hybridized carbons (Fsp3) is 0.626. The first-order valence-electron chi connectivity index (χ1n) is 46.3. The number of ketones is 1. The molecular weight excluding hydrogens is 1770 g/mol. The largest absolute Gasteiger partial charge is 0.481 e. The lowest BCUT2D eigenvalue weighted by Gasteiger charge is -2.39. The molecule has 732 valence electrons. The number of epoxide rings is 2. The first-order chi connectivity index (χ1) is 62.5. The highest BCUT2D eigenvalue weighted by molar-refractivity contribution is 9.09. The van der Waals surface area contributed by atoms with Crippen LogP contribution in [-0.2, 0) is 123 Å². The number of aliphatic carboxylic acids is 1. The Labute approximate surface area is 786 Å². The number of hydrogen-bond acceptors (Lipinski definition) is 24. The van der Waals surface area contributed by atoms with E-state index in [1.807, 2.05) is 91.8 Å². The molecule has 0 unspecified atom stereocenters. The summed E-state index contributed by atoms with van der Waals surface area (Å²) in [5, 5.41) is 27.6. The molecule has 132 heavy (non-hydrogen) atoms. The number of esters is 4. The summed E-state index contributed by atoms with van der Waals surface area (Å²) < 4.78 is 57.3. The molecule has 6 heterocycles. The zero-order valence-electron chi connectivity index (χ0n) is 80.0. The van der Waals surface area contributed by atoms with E-state index in [1.165, 1.54) is 32.4 Å². The number of amides is 7. The Morgan fingerprint density at radius 2 is 0.955 bits per heavy atom. The normalized spacial score (nSPS) is 25.4. The molecule has 7 amide bonds. The van der Waals surface area contributed by atoms with E-state index in [9.17, 15) is 57.5 Å². The van der Waals surface area contributed by atoms with Gasteiger partial charge in [0.15, 0.2) is 0 Å². The van der Waals surface area contributed by atoms with Crippen LogP contribution in [0, 0.1) is 29.6 Å². The van der Waals surface area contributed by atoms with E-state index in [1.54, 1.807) is 70.2 Å². The maximum atomic E-state index is 13.3. The first kappa shape index (κ1) is 111. The summed E-state index contributed by atoms with van der Waals surface area (Å²) in [5.74, 6) is -5.10. The molecule has 6 saturated heterocycles. The number of nitrogens with two attached hydrogens (primary N) is 1. The number of allylic oxidation sites excluding steroid dienone is 4. The minimum atomic E-state index is -0.896. The lowest BCUT2D eigenvalue weighted by Crippen LogP contribution is -2.50. The standard InChI is InChI=1S/C53H77BrN4O12.C44H64N4O10.C2H4O2/c1-33(2)43(27-40(59)15-10-9-13-25-55-48(61)31-54)52(65)56-37(6)51(64)58-44-16-12-11-14-39(44)20-24-49(62)68-36(5)19-23-47(60)57-45-26-35(4)46(69-38(45)7)22-18-34(3)17-21-41-29-53(32-67-53)30-42(70-41)28-50(63)66-8;1-26(2)41(45)43(53)46-30(6)42(52)48-35-12-10-9-11-32(35)16-20-39(50)56-29(5)15-19-38(49)47-36-21-28(4)37(57-31(36)7)18-14-27(3)13-17-33-23-44(25-55-44)24-34(58-33)22-40(51)54-8;1-2(3)4/h11-12,14,16-19,21,23,33,35-38,41-43,45-46H,9-10,13,15,20,22,24-32H2,1-8H3,(H,55,61)(H,56,65)(H,57,60)(H,58,64);9-15,17,19,26,28-31,33-34,36-37,41H,16,18,20-25,45H2,1-8H3,(H,46,53)(H,47,49)(H,48,52);1H3,(H,3,4)/b21-17+,23-19-,34-18+;17-13+,19-15-,27-14+;/t35-,36-,37-,38+,41+,42+,43-,45+,46-,53+;28-,29-,30-,31+,33+,34+,36+,37-,41-,44+;/m00./s1. The zero-order chi connectivity index (χ0) is 97.5. The van der Waals surface area contributed by atoms with Gasteiger partial charge in [-0.1, -0.05) is 148 Å². The van der Waals surface area contributed by atoms with E-state index in [-0.39, 0.29) is 181 Å². The summed E-state index contributed by atoms with van der Waals surface area (Å²) in [4.78, 5) is 160. The van der Waals surface area contributed by atoms with Gasteiger partial charge in [-0.2, -0.15) is 0 Å². The van der Waals surface area contributed by atoms with Crippen LogP contribution in [0.1, 0.15) is 224 Å². The molecule has 33 heteroatoms. The van der Waals surface area contributed by atoms with Crippen molar-refractivity contribution in [3.63, 3.8) is 0 Å². The molecule has 6 aliphatic rings. The average Bonchev–Trinajstić information content (AvgIpc) is 1.63. The van der Waals surface area contributed by atoms with Gasteiger partial charge in [0, 0.05) is 94.3 Å². The third kappa shape index (κ3) is 40.7. The molecule has 6 fully saturated rings. The van der Waals surface area contributed by atoms with Crippen LogP contribution >= 0.6 is 15.9 Å². The smallest absolute Gasteiger partial charge is 0.308 e. The third-order valence-electron chi connectivity index (χ3n) is 24.1. The highest BCUT2D eigenvalue weighted by Crippen LogP contribution is 2.45. The van der Waals surface area contributed by atoms with Crippen LogP contribution in [0.2, 0.25) is 0 Å². The first-order valence-corrected chi connectivity index (χ1v) is 47.4. The lowest BCUT2D eigenvalue weighted by molar-refractivity contribution is -0.148. The Kier molecular flexibility index (Phi) is 47.1. The number of para-hydroxylation sites is 2. The van der Waals surface area contributed by atoms with Crippen molar-refractivity contribution in [3.05, 3.63) is 132 Å². The fourth-order valence-corrected chi connectivity index (χ4v) is 16.1. The van der Waals surface area contributed by atoms with E-state index in [2.05, 4.69) is 79.1 Å². The van der Waals surface area contributed by atoms with Gasteiger partial charge in [-0.25, -0.2) is 0 Å². The second kappa shape index (κ2) is 55.9. The number of halogens is 1. The van der Waals surface area contributed by atoms with Crippen LogP contribution in [0.5, 0.6) is 0 Å². The number of carbonyl (C=O) groups excluding carboxylic acids is 12. The molecule has 2 aromatic carbocycles. The monoisotopic (exact) mass is 1910 g/mol. The summed E-state index contributed by atoms with van der Waals surface area (Å²) >= 11 is 3.11. The van der Waals surface area contributed by atoms with Crippen molar-refractivity contribution in [3.8, 4) is 0 Å². The number of Topliss-reactive ketones (excluding diaryl/α,β-unsaturated/α-hetero) is 1. The van der Waals surface area contributed by atoms with Crippen LogP contribution in [0.4, 0.5) is 11.4 Å². The number of aryl methyl sites for hydroxylation is 2. The highest BCUT2D eigenvalue weighted by Gasteiger charge is 2.53. The molecule has 2 aromatic rings. The number of ether oxygens (including phenoxy) is 10. The number of anilines is 2. The van der Waals surface area contributed by atoms with Crippen molar-refractivity contribution in [2.45, 2.75) is 328 Å². The van der Waals surface area contributed by atoms with Crippen LogP contribution in [-0.4, -0.2) is 224 Å². The van der Waals surface area contributed by atoms with Crippen LogP contribution in [0.25, 0.3) is 0 Å². The summed E-state index contributed by atoms with van der Waals surface area (Å²) in [7, 11) is 2.76. The summed E-state index contributed by atoms with van der Waals surface area (Å²) in [6.07, 6.45) is 25.3. The van der Waals surface area contributed by atoms with Gasteiger partial charge in [0.1, 0.15) is 30.1 Å². The molecule has 2 spiro atoms. The fourth-order valence-electron chi connectivity index (χ4n) is 15.9. The van der Waals surface area contributed by atoms with Crippen LogP contribution < -0.4 is 43.0 Å². The summed E-state index contributed by atoms with van der Waals surface area (Å²) in [6, 6.07) is 11.4. The van der Waals surface area contributed by atoms with E-state index in [0.29, 0.717) is 75.2 Å². The highest BCUT2D eigenvalue weighted by atomic mass is 79.9. The number of methoxy groups -OCH3 is 2. The third-order valence-corrected chi connectivity index (χ3v) is 24.6. The molecule has 0 bridgehead atoms. The van der Waals surface area contributed by atoms with Gasteiger partial charge in [-0.05, 0) is 166 Å². The van der Waals surface area contributed by atoms with Gasteiger partial charge < -0.3 is 95.4 Å². The number of nitrogens with one attached hydrogen (secondary N) is 7. The quantitative estimate of drug-likeness (QED) is 0.00565. The molecular formula is C99H145BrN8O24. The van der Waals surface area contributed by atoms with Crippen molar-refractivity contribution in [1.82, 2.24) is 26.6 Å². The van der Waals surface area contributed by atoms with Gasteiger partial charge in [-0.3, -0.25) is 62.3 Å². The molecule has 10 N–H and O–H groups in total. The molecule has 8 rings (SSSR count). The SMILES string of the molecule is CC(=O)O.COC(=O)C[C@@H]1C[C@@]2(CO2)C[C@@H](/C=C/C(C)=C/C[C@@H]2O[C@H](C)[C@H](NC(=O)/C=C\[C@H](C)OC(=O)CCc3ccccc3NC(=O)[C@H](C)NC(=O)[C@@H](CC(=O)CCCCCNC(=O)CBr)C(C)C)C[C@@H]2C)O1.COC(=O)C[C@@H]1C[C@@]2(CO2)C[C@@H](/C=C/C(C)=C/C[C@@H]2O[C@H](C)[C@H](NC(=O)/C=C\[C@H](C)OC(=O)CCc3ccccc3NC(=O)[C@H](C)NC(=O)[C@@H](N)C(C)C)C[C@@H]2C)O1. The molecule has 20 atom stereocenters. The second-order valence-electron chi connectivity index (χ2n) is 36.5. The van der Waals surface area contributed by atoms with E-state index in [0.717, 1.165) is 68.6 Å². The number of hydrogen-bond donors (Lipinski definition) is 9. The molecule has 32 nitrogen and oxygen atoms in total. The van der Waals surface area contributed by atoms with Crippen molar-refractivity contribution in [2.24, 2.45) is 35.3 Å². The maximum Gasteiger partial charge on any atom is 0.308 e. The molecule has 0 aromatic heterocycles. The second-order valence-corrected chi connectivity index (χ2v) is 37.0. The van der Waals surface area contributed by atoms with Crippen molar-refractivity contribution in [1.29, 1.82) is 0 Å². The number of benzene rings is 2. The van der Waals surface area contributed by atoms with Crippen molar-refractivity contribution < 1.29 is 115 Å². The predicted molar refractivity (Wildman–Crippen MR) is 502 cm³/mol. The number of rotatable bonds is 45. The Hall–Kier alpha value is -9.61. The van der Waals surface area contributed by atoms with Gasteiger partial charge in [-0.15, -0.1) is 0 Å². The topological polar surface area (TPSA) is 451 Å². The van der Waals surface area contributed by atoms with Crippen molar-refractivity contribution in [2.75, 3.05) is 49.9 Å². The maximum absolute atomic E-state index is 13.3. The van der Waals surface area contributed by atoms with Gasteiger partial charge in [0.05, 0.1) is 124 Å². The summed E-state index contributed by atoms with van der Waals surface area (Å²) in [5.41, 5.74) is 10.1. The molecule has 0 saturated carbocycles. The van der Waals surface area contributed by atoms with Crippen molar-refractivity contribution >= 4 is 104 Å². The van der Waals surface area contributed by atoms with E-state index >= 15 is 0 Å². The molecule has 6 aliphatic heterocycles. The van der Waals surface area contributed by atoms with Gasteiger partial charge >= 0.3 is 23.9 Å². The Balaban J connectivity index is 0.000000396.